The Bertz CT molecular complexity index is 685. The van der Waals surface area contributed by atoms with Crippen LogP contribution >= 0.6 is 0 Å². The van der Waals surface area contributed by atoms with E-state index in [0.717, 1.165) is 18.1 Å². The molecule has 0 radical (unpaired) electrons. The number of aryl methyl sites for hydroxylation is 2. The van der Waals surface area contributed by atoms with Gasteiger partial charge in [-0.25, -0.2) is 8.78 Å². The van der Waals surface area contributed by atoms with E-state index in [1.165, 1.54) is 18.2 Å². The normalized spacial score (nSPS) is 8.85. The molecule has 0 saturated heterocycles. The zero-order valence-corrected chi connectivity index (χ0v) is 16.8. The van der Waals surface area contributed by atoms with Gasteiger partial charge in [0.15, 0.2) is 5.78 Å². The summed E-state index contributed by atoms with van der Waals surface area (Å²) < 4.78 is 24.9. The van der Waals surface area contributed by atoms with Gasteiger partial charge in [-0.3, -0.25) is 4.79 Å². The highest BCUT2D eigenvalue weighted by Gasteiger charge is 2.08. The molecule has 2 aromatic carbocycles. The van der Waals surface area contributed by atoms with E-state index in [2.05, 4.69) is 0 Å². The van der Waals surface area contributed by atoms with E-state index in [-0.39, 0.29) is 11.5 Å². The monoisotopic (exact) mass is 380 g/mol. The summed E-state index contributed by atoms with van der Waals surface area (Å²) in [6.45, 7) is 11.7. The molecule has 5 heteroatoms. The highest BCUT2D eigenvalue weighted by Crippen LogP contribution is 2.17. The van der Waals surface area contributed by atoms with Crippen molar-refractivity contribution in [2.45, 2.75) is 53.9 Å². The molecule has 27 heavy (non-hydrogen) atoms. The third-order valence-corrected chi connectivity index (χ3v) is 3.39. The van der Waals surface area contributed by atoms with E-state index in [1.807, 2.05) is 41.4 Å². The van der Waals surface area contributed by atoms with Crippen molar-refractivity contribution >= 4 is 12.6 Å². The summed E-state index contributed by atoms with van der Waals surface area (Å²) in [5.74, 6) is -0.710. The Balaban J connectivity index is 0. The number of rotatable bonds is 4. The molecule has 0 aliphatic heterocycles. The zero-order chi connectivity index (χ0) is 21.4. The maximum absolute atomic E-state index is 12.6. The van der Waals surface area contributed by atoms with Gasteiger partial charge in [0.25, 0.3) is 0 Å². The molecule has 150 valence electrons. The largest absolute Gasteiger partial charge is 0.508 e. The second kappa shape index (κ2) is 15.7. The van der Waals surface area contributed by atoms with Crippen LogP contribution in [0, 0.1) is 18.6 Å². The second-order valence-electron chi connectivity index (χ2n) is 5.26. The minimum absolute atomic E-state index is 0.107. The first-order valence-corrected chi connectivity index (χ1v) is 8.94. The van der Waals surface area contributed by atoms with Crippen molar-refractivity contribution < 1.29 is 23.5 Å². The van der Waals surface area contributed by atoms with E-state index in [0.29, 0.717) is 24.0 Å². The number of halogens is 2. The van der Waals surface area contributed by atoms with Gasteiger partial charge in [0.05, 0.1) is 0 Å². The number of phenols is 1. The quantitative estimate of drug-likeness (QED) is 0.657. The van der Waals surface area contributed by atoms with Gasteiger partial charge in [-0.15, -0.1) is 0 Å². The third-order valence-electron chi connectivity index (χ3n) is 3.39. The molecule has 0 aliphatic rings. The van der Waals surface area contributed by atoms with Gasteiger partial charge in [-0.05, 0) is 49.1 Å². The van der Waals surface area contributed by atoms with Gasteiger partial charge in [-0.2, -0.15) is 0 Å². The number of phenolic OH excluding ortho intramolecular Hbond substituents is 1. The lowest BCUT2D eigenvalue weighted by atomic mass is 10.0. The van der Waals surface area contributed by atoms with E-state index in [4.69, 9.17) is 4.79 Å². The number of aromatic hydroxyl groups is 1. The second-order valence-corrected chi connectivity index (χ2v) is 5.26. The molecule has 0 amide bonds. The Labute approximate surface area is 161 Å². The first-order chi connectivity index (χ1) is 12.9. The van der Waals surface area contributed by atoms with Crippen LogP contribution in [0.2, 0.25) is 0 Å². The van der Waals surface area contributed by atoms with Gasteiger partial charge in [0.2, 0.25) is 0 Å². The fourth-order valence-corrected chi connectivity index (χ4v) is 2.08. The molecule has 0 spiro atoms. The van der Waals surface area contributed by atoms with Crippen LogP contribution in [-0.4, -0.2) is 17.7 Å². The van der Waals surface area contributed by atoms with Crippen LogP contribution < -0.4 is 0 Å². The molecule has 0 heterocycles. The molecule has 0 atom stereocenters. The average Bonchev–Trinajstić information content (AvgIpc) is 2.68. The van der Waals surface area contributed by atoms with Crippen LogP contribution in [0.25, 0.3) is 0 Å². The Kier molecular flexibility index (Phi) is 15.5. The predicted octanol–water partition coefficient (Wildman–Crippen LogP) is 6.05. The van der Waals surface area contributed by atoms with Crippen molar-refractivity contribution in [2.24, 2.45) is 0 Å². The summed E-state index contributed by atoms with van der Waals surface area (Å²) >= 11 is 0. The average molecular weight is 380 g/mol. The van der Waals surface area contributed by atoms with E-state index >= 15 is 0 Å². The van der Waals surface area contributed by atoms with E-state index in [1.54, 1.807) is 12.1 Å². The van der Waals surface area contributed by atoms with Crippen molar-refractivity contribution in [3.63, 3.8) is 0 Å². The molecule has 0 aliphatic carbocycles. The maximum Gasteiger partial charge on any atom is 0.163 e. The highest BCUT2D eigenvalue weighted by atomic mass is 19.1. The van der Waals surface area contributed by atoms with Crippen LogP contribution in [0.1, 0.15) is 62.0 Å². The summed E-state index contributed by atoms with van der Waals surface area (Å²) in [6.07, 6.45) is 1.99. The lowest BCUT2D eigenvalue weighted by Crippen LogP contribution is -2.00. The molecule has 0 saturated carbocycles. The van der Waals surface area contributed by atoms with Crippen molar-refractivity contribution in [1.29, 1.82) is 0 Å². The molecule has 0 bridgehead atoms. The van der Waals surface area contributed by atoms with Gasteiger partial charge < -0.3 is 9.90 Å². The lowest BCUT2D eigenvalue weighted by molar-refractivity contribution is -0.0980. The molecule has 1 N–H and O–H groups in total. The number of hydrogen-bond acceptors (Lipinski definition) is 3. The van der Waals surface area contributed by atoms with Crippen molar-refractivity contribution in [3.05, 3.63) is 64.7 Å². The van der Waals surface area contributed by atoms with Crippen LogP contribution in [-0.2, 0) is 11.2 Å². The van der Waals surface area contributed by atoms with Crippen molar-refractivity contribution in [2.75, 3.05) is 0 Å². The highest BCUT2D eigenvalue weighted by molar-refractivity contribution is 5.97. The van der Waals surface area contributed by atoms with Crippen LogP contribution in [0.4, 0.5) is 8.78 Å². The zero-order valence-electron chi connectivity index (χ0n) is 16.8. The fourth-order valence-electron chi connectivity index (χ4n) is 2.08. The Morgan fingerprint density at radius 3 is 2.11 bits per heavy atom. The smallest absolute Gasteiger partial charge is 0.163 e. The molecular weight excluding hydrogens is 350 g/mol. The van der Waals surface area contributed by atoms with Crippen molar-refractivity contribution in [3.8, 4) is 5.75 Å². The summed E-state index contributed by atoms with van der Waals surface area (Å²) in [6, 6.07) is 8.52. The molecule has 2 aromatic rings. The summed E-state index contributed by atoms with van der Waals surface area (Å²) in [7, 11) is 0. The number of carbonyl (C=O) groups is 2. The lowest BCUT2D eigenvalue weighted by Gasteiger charge is -2.03. The number of Topliss-reactive ketones (excluding diaryl/α,β-unsaturated/α-hetero) is 1. The first kappa shape index (κ1) is 26.7. The Morgan fingerprint density at radius 2 is 1.63 bits per heavy atom. The summed E-state index contributed by atoms with van der Waals surface area (Å²) in [4.78, 5) is 19.5. The molecule has 3 nitrogen and oxygen atoms in total. The van der Waals surface area contributed by atoms with Crippen LogP contribution in [0.15, 0.2) is 36.4 Å². The maximum atomic E-state index is 12.6. The van der Waals surface area contributed by atoms with Gasteiger partial charge >= 0.3 is 0 Å². The molecule has 2 rings (SSSR count). The van der Waals surface area contributed by atoms with Gasteiger partial charge in [0, 0.05) is 18.1 Å². The predicted molar refractivity (Wildman–Crippen MR) is 106 cm³/mol. The summed E-state index contributed by atoms with van der Waals surface area (Å²) in [5, 5.41) is 9.20. The molecule has 0 unspecified atom stereocenters. The van der Waals surface area contributed by atoms with Crippen molar-refractivity contribution in [1.82, 2.24) is 0 Å². The topological polar surface area (TPSA) is 54.4 Å². The number of ketones is 1. The molecule has 0 fully saturated rings. The van der Waals surface area contributed by atoms with Crippen LogP contribution in [0.3, 0.4) is 0 Å². The minimum Gasteiger partial charge on any atom is -0.508 e. The number of carbonyl (C=O) groups excluding carboxylic acids is 2. The number of hydrogen-bond donors (Lipinski definition) is 1. The molecule has 0 aromatic heterocycles. The van der Waals surface area contributed by atoms with E-state index in [9.17, 15) is 18.7 Å². The van der Waals surface area contributed by atoms with Gasteiger partial charge in [-0.1, -0.05) is 39.8 Å². The van der Waals surface area contributed by atoms with Crippen LogP contribution in [0.5, 0.6) is 5.75 Å². The number of benzene rings is 2. The van der Waals surface area contributed by atoms with Gasteiger partial charge in [0.1, 0.15) is 24.2 Å². The minimum atomic E-state index is -0.519. The first-order valence-electron chi connectivity index (χ1n) is 8.94. The third kappa shape index (κ3) is 10.2. The fraction of sp³-hybridized carbons (Fsp3) is 0.364. The SMILES string of the molecule is C=O.CC.CCCC(=O)c1cc(O)ccc1C.CCc1ccc(F)cc1F. The molecular formula is C22H30F2O3. The Morgan fingerprint density at radius 1 is 1.04 bits per heavy atom. The van der Waals surface area contributed by atoms with E-state index < -0.39 is 11.6 Å². The Hall–Kier alpha value is -2.56. The standard InChI is InChI=1S/C11H14O2.C8H8F2.C2H6.CH2O/c1-3-4-11(13)10-7-9(12)6-5-8(10)2;1-2-6-3-4-7(9)5-8(6)10;2*1-2/h5-7,12H,3-4H2,1-2H3;3-5H,2H2,1H3;1-2H3;1H2. The summed E-state index contributed by atoms with van der Waals surface area (Å²) in [5.41, 5.74) is 2.12.